The molecular weight excluding hydrogens is 314 g/mol. The number of allylic oxidation sites excluding steroid dienone is 2. The van der Waals surface area contributed by atoms with Crippen molar-refractivity contribution in [1.29, 1.82) is 0 Å². The average molecular weight is 327 g/mol. The third-order valence-corrected chi connectivity index (χ3v) is 5.14. The van der Waals surface area contributed by atoms with Gasteiger partial charge in [0.05, 0.1) is 28.7 Å². The zero-order valence-corrected chi connectivity index (χ0v) is 12.4. The van der Waals surface area contributed by atoms with E-state index < -0.39 is 23.8 Å². The highest BCUT2D eigenvalue weighted by molar-refractivity contribution is 6.23. The molecule has 1 aromatic carbocycles. The zero-order valence-electron chi connectivity index (χ0n) is 12.4. The van der Waals surface area contributed by atoms with E-state index in [-0.39, 0.29) is 40.5 Å². The van der Waals surface area contributed by atoms with Gasteiger partial charge in [0.1, 0.15) is 0 Å². The minimum atomic E-state index is -1.32. The number of carboxylic acids is 2. The molecule has 0 spiro atoms. The van der Waals surface area contributed by atoms with Crippen LogP contribution in [0.2, 0.25) is 0 Å². The lowest BCUT2D eigenvalue weighted by Crippen LogP contribution is -2.33. The van der Waals surface area contributed by atoms with Crippen molar-refractivity contribution in [2.45, 2.75) is 6.42 Å². The van der Waals surface area contributed by atoms with E-state index in [2.05, 4.69) is 0 Å². The Morgan fingerprint density at radius 1 is 0.875 bits per heavy atom. The van der Waals surface area contributed by atoms with Gasteiger partial charge in [-0.3, -0.25) is 9.59 Å². The molecule has 2 aliphatic carbocycles. The van der Waals surface area contributed by atoms with Gasteiger partial charge >= 0.3 is 11.9 Å². The number of carbonyl (C=O) groups excluding carboxylic acids is 2. The Balaban J connectivity index is 1.79. The Morgan fingerprint density at radius 2 is 1.33 bits per heavy atom. The van der Waals surface area contributed by atoms with Crippen molar-refractivity contribution in [2.24, 2.45) is 23.7 Å². The summed E-state index contributed by atoms with van der Waals surface area (Å²) in [5.74, 6) is -4.17. The van der Waals surface area contributed by atoms with Crippen molar-refractivity contribution in [3.63, 3.8) is 0 Å². The number of nitrogens with zero attached hydrogens (tertiary/aromatic N) is 1. The van der Waals surface area contributed by atoms with Crippen LogP contribution in [0.15, 0.2) is 30.4 Å². The van der Waals surface area contributed by atoms with Gasteiger partial charge in [-0.25, -0.2) is 14.5 Å². The monoisotopic (exact) mass is 327 g/mol. The van der Waals surface area contributed by atoms with Crippen molar-refractivity contribution in [1.82, 2.24) is 0 Å². The van der Waals surface area contributed by atoms with Crippen molar-refractivity contribution in [2.75, 3.05) is 4.90 Å². The third kappa shape index (κ3) is 1.84. The number of carbonyl (C=O) groups is 4. The van der Waals surface area contributed by atoms with E-state index >= 15 is 0 Å². The summed E-state index contributed by atoms with van der Waals surface area (Å²) >= 11 is 0. The molecule has 122 valence electrons. The number of carboxylic acid groups (broad SMARTS) is 2. The van der Waals surface area contributed by atoms with E-state index in [0.29, 0.717) is 0 Å². The van der Waals surface area contributed by atoms with Gasteiger partial charge in [-0.05, 0) is 36.5 Å². The molecule has 1 heterocycles. The van der Waals surface area contributed by atoms with Crippen molar-refractivity contribution >= 4 is 29.4 Å². The minimum absolute atomic E-state index is 0.0103. The number of benzene rings is 1. The van der Waals surface area contributed by atoms with Crippen molar-refractivity contribution in [3.8, 4) is 0 Å². The van der Waals surface area contributed by atoms with E-state index in [1.54, 1.807) is 0 Å². The van der Waals surface area contributed by atoms with Crippen LogP contribution in [0.25, 0.3) is 0 Å². The Hall–Kier alpha value is -2.96. The normalized spacial score (nSPS) is 30.1. The van der Waals surface area contributed by atoms with E-state index in [0.717, 1.165) is 17.4 Å². The van der Waals surface area contributed by atoms with Gasteiger partial charge in [-0.15, -0.1) is 0 Å². The number of fused-ring (bicyclic) bond motifs is 5. The largest absolute Gasteiger partial charge is 0.478 e. The fraction of sp³-hybridized carbons (Fsp3) is 0.294. The summed E-state index contributed by atoms with van der Waals surface area (Å²) in [6.07, 6.45) is 4.70. The summed E-state index contributed by atoms with van der Waals surface area (Å²) < 4.78 is 0. The van der Waals surface area contributed by atoms with Crippen LogP contribution in [0.1, 0.15) is 27.1 Å². The maximum absolute atomic E-state index is 12.7. The number of anilines is 1. The molecule has 0 radical (unpaired) electrons. The van der Waals surface area contributed by atoms with Crippen LogP contribution in [-0.2, 0) is 9.59 Å². The predicted molar refractivity (Wildman–Crippen MR) is 80.6 cm³/mol. The van der Waals surface area contributed by atoms with Crippen LogP contribution in [0.4, 0.5) is 5.69 Å². The number of imide groups is 1. The lowest BCUT2D eigenvalue weighted by Gasteiger charge is -2.18. The molecule has 0 aromatic heterocycles. The molecule has 1 saturated heterocycles. The van der Waals surface area contributed by atoms with Gasteiger partial charge in [0.25, 0.3) is 0 Å². The smallest absolute Gasteiger partial charge is 0.335 e. The molecule has 7 nitrogen and oxygen atoms in total. The molecule has 3 aliphatic rings. The first-order chi connectivity index (χ1) is 11.4. The van der Waals surface area contributed by atoms with Gasteiger partial charge in [0, 0.05) is 0 Å². The van der Waals surface area contributed by atoms with E-state index in [9.17, 15) is 19.2 Å². The van der Waals surface area contributed by atoms with Gasteiger partial charge in [0.15, 0.2) is 0 Å². The minimum Gasteiger partial charge on any atom is -0.478 e. The fourth-order valence-corrected chi connectivity index (χ4v) is 4.14. The molecule has 2 amide bonds. The van der Waals surface area contributed by atoms with Crippen LogP contribution in [0.5, 0.6) is 0 Å². The summed E-state index contributed by atoms with van der Waals surface area (Å²) in [5.41, 5.74) is -0.539. The van der Waals surface area contributed by atoms with Crippen LogP contribution in [0.3, 0.4) is 0 Å². The maximum Gasteiger partial charge on any atom is 0.335 e. The molecule has 24 heavy (non-hydrogen) atoms. The van der Waals surface area contributed by atoms with Crippen molar-refractivity contribution < 1.29 is 29.4 Å². The van der Waals surface area contributed by atoms with Crippen molar-refractivity contribution in [3.05, 3.63) is 41.5 Å². The number of rotatable bonds is 3. The van der Waals surface area contributed by atoms with Crippen LogP contribution in [-0.4, -0.2) is 34.0 Å². The number of aromatic carboxylic acids is 2. The standard InChI is InChI=1S/C17H13NO6/c19-14-12-7-1-2-8(3-7)13(12)15(20)18(14)11-5-9(16(21)22)4-10(6-11)17(23)24/h1-2,4-8,12-13H,3H2,(H,21,22)(H,23,24). The average Bonchev–Trinajstić information content (AvgIpc) is 3.21. The summed E-state index contributed by atoms with van der Waals surface area (Å²) in [6, 6.07) is 3.34. The number of hydrogen-bond acceptors (Lipinski definition) is 4. The van der Waals surface area contributed by atoms with E-state index in [1.165, 1.54) is 12.1 Å². The molecule has 1 saturated carbocycles. The molecule has 7 heteroatoms. The summed E-state index contributed by atoms with van der Waals surface area (Å²) in [4.78, 5) is 48.9. The SMILES string of the molecule is O=C(O)c1cc(C(=O)O)cc(N2C(=O)C3C4C=CC(C4)C3C2=O)c1. The highest BCUT2D eigenvalue weighted by Gasteiger charge is 2.59. The van der Waals surface area contributed by atoms with Gasteiger partial charge in [-0.1, -0.05) is 12.2 Å². The Morgan fingerprint density at radius 3 is 1.75 bits per heavy atom. The molecular formula is C17H13NO6. The molecule has 1 aliphatic heterocycles. The maximum atomic E-state index is 12.7. The Bertz CT molecular complexity index is 779. The number of hydrogen-bond donors (Lipinski definition) is 2. The van der Waals surface area contributed by atoms with Crippen LogP contribution >= 0.6 is 0 Å². The first kappa shape index (κ1) is 14.6. The summed E-state index contributed by atoms with van der Waals surface area (Å²) in [5, 5.41) is 18.3. The molecule has 1 aromatic rings. The highest BCUT2D eigenvalue weighted by atomic mass is 16.4. The molecule has 2 N–H and O–H groups in total. The Labute approximate surface area is 136 Å². The molecule has 2 bridgehead atoms. The molecule has 2 fully saturated rings. The van der Waals surface area contributed by atoms with Gasteiger partial charge in [0.2, 0.25) is 11.8 Å². The molecule has 4 unspecified atom stereocenters. The zero-order chi connectivity index (χ0) is 17.2. The lowest BCUT2D eigenvalue weighted by atomic mass is 9.85. The summed E-state index contributed by atoms with van der Waals surface area (Å²) in [6.45, 7) is 0. The van der Waals surface area contributed by atoms with Gasteiger partial charge < -0.3 is 10.2 Å². The summed E-state index contributed by atoms with van der Waals surface area (Å²) in [7, 11) is 0. The topological polar surface area (TPSA) is 112 Å². The first-order valence-electron chi connectivity index (χ1n) is 7.56. The second-order valence-corrected chi connectivity index (χ2v) is 6.39. The Kier molecular flexibility index (Phi) is 2.90. The second kappa shape index (κ2) is 4.77. The van der Waals surface area contributed by atoms with Gasteiger partial charge in [-0.2, -0.15) is 0 Å². The highest BCUT2D eigenvalue weighted by Crippen LogP contribution is 2.53. The predicted octanol–water partition coefficient (Wildman–Crippen LogP) is 1.39. The molecule has 4 atom stereocenters. The van der Waals surface area contributed by atoms with E-state index in [4.69, 9.17) is 10.2 Å². The quantitative estimate of drug-likeness (QED) is 0.641. The fourth-order valence-electron chi connectivity index (χ4n) is 4.14. The lowest BCUT2D eigenvalue weighted by molar-refractivity contribution is -0.123. The third-order valence-electron chi connectivity index (χ3n) is 5.14. The molecule has 4 rings (SSSR count). The second-order valence-electron chi connectivity index (χ2n) is 6.39. The first-order valence-corrected chi connectivity index (χ1v) is 7.56. The van der Waals surface area contributed by atoms with Crippen LogP contribution in [0, 0.1) is 23.7 Å². The van der Waals surface area contributed by atoms with E-state index in [1.807, 2.05) is 12.2 Å². The number of amides is 2. The van der Waals surface area contributed by atoms with Crippen LogP contribution < -0.4 is 4.90 Å².